The molecular formula is C13H18O3. The van der Waals surface area contributed by atoms with E-state index in [-0.39, 0.29) is 12.7 Å². The van der Waals surface area contributed by atoms with Gasteiger partial charge in [0.05, 0.1) is 25.9 Å². The van der Waals surface area contributed by atoms with Crippen LogP contribution in [0.25, 0.3) is 0 Å². The third-order valence-corrected chi connectivity index (χ3v) is 2.80. The zero-order valence-corrected chi connectivity index (χ0v) is 9.39. The predicted octanol–water partition coefficient (Wildman–Crippen LogP) is 1.87. The average molecular weight is 222 g/mol. The van der Waals surface area contributed by atoms with E-state index in [1.165, 1.54) is 0 Å². The first-order valence-corrected chi connectivity index (χ1v) is 5.76. The maximum atomic E-state index is 8.90. The Balaban J connectivity index is 1.71. The molecule has 0 aromatic heterocycles. The van der Waals surface area contributed by atoms with Gasteiger partial charge in [-0.3, -0.25) is 0 Å². The van der Waals surface area contributed by atoms with E-state index < -0.39 is 0 Å². The van der Waals surface area contributed by atoms with Crippen LogP contribution in [0.5, 0.6) is 0 Å². The first-order chi connectivity index (χ1) is 7.88. The van der Waals surface area contributed by atoms with Gasteiger partial charge < -0.3 is 14.6 Å². The summed E-state index contributed by atoms with van der Waals surface area (Å²) in [4.78, 5) is 0. The van der Waals surface area contributed by atoms with Crippen LogP contribution in [0.3, 0.4) is 0 Å². The second kappa shape index (κ2) is 5.99. The lowest BCUT2D eigenvalue weighted by molar-refractivity contribution is 0.0106. The van der Waals surface area contributed by atoms with Crippen molar-refractivity contribution in [1.82, 2.24) is 0 Å². The van der Waals surface area contributed by atoms with Crippen molar-refractivity contribution < 1.29 is 14.6 Å². The van der Waals surface area contributed by atoms with Crippen LogP contribution in [0, 0.1) is 0 Å². The summed E-state index contributed by atoms with van der Waals surface area (Å²) in [5, 5.41) is 8.90. The molecule has 1 unspecified atom stereocenters. The Morgan fingerprint density at radius 1 is 1.25 bits per heavy atom. The normalized spacial score (nSPS) is 20.2. The van der Waals surface area contributed by atoms with Crippen LogP contribution in [0.15, 0.2) is 24.3 Å². The highest BCUT2D eigenvalue weighted by atomic mass is 16.5. The van der Waals surface area contributed by atoms with Crippen molar-refractivity contribution >= 4 is 0 Å². The molecule has 88 valence electrons. The van der Waals surface area contributed by atoms with Crippen molar-refractivity contribution in [3.05, 3.63) is 35.4 Å². The molecule has 0 radical (unpaired) electrons. The van der Waals surface area contributed by atoms with Crippen molar-refractivity contribution in [2.45, 2.75) is 32.2 Å². The van der Waals surface area contributed by atoms with Crippen molar-refractivity contribution in [2.75, 3.05) is 13.2 Å². The Bertz CT molecular complexity index is 301. The minimum atomic E-state index is 0.0943. The molecule has 16 heavy (non-hydrogen) atoms. The highest BCUT2D eigenvalue weighted by Crippen LogP contribution is 2.13. The zero-order valence-electron chi connectivity index (χ0n) is 9.39. The average Bonchev–Trinajstić information content (AvgIpc) is 2.83. The van der Waals surface area contributed by atoms with Gasteiger partial charge in [0.15, 0.2) is 0 Å². The Hall–Kier alpha value is -0.900. The summed E-state index contributed by atoms with van der Waals surface area (Å²) >= 11 is 0. The van der Waals surface area contributed by atoms with Gasteiger partial charge in [-0.25, -0.2) is 0 Å². The minimum Gasteiger partial charge on any atom is -0.392 e. The highest BCUT2D eigenvalue weighted by molar-refractivity contribution is 5.21. The molecule has 0 aliphatic carbocycles. The largest absolute Gasteiger partial charge is 0.392 e. The van der Waals surface area contributed by atoms with E-state index in [0.717, 1.165) is 30.6 Å². The molecule has 1 saturated heterocycles. The third-order valence-electron chi connectivity index (χ3n) is 2.80. The lowest BCUT2D eigenvalue weighted by Gasteiger charge is -2.10. The second-order valence-corrected chi connectivity index (χ2v) is 4.12. The summed E-state index contributed by atoms with van der Waals surface area (Å²) in [6, 6.07) is 7.82. The fraction of sp³-hybridized carbons (Fsp3) is 0.538. The Morgan fingerprint density at radius 3 is 2.62 bits per heavy atom. The molecule has 1 aromatic rings. The summed E-state index contributed by atoms with van der Waals surface area (Å²) in [5.74, 6) is 0. The number of aliphatic hydroxyl groups excluding tert-OH is 1. The number of ether oxygens (including phenoxy) is 2. The SMILES string of the molecule is OCc1ccc(COCC2CCCO2)cc1. The number of hydrogen-bond donors (Lipinski definition) is 1. The Morgan fingerprint density at radius 2 is 2.00 bits per heavy atom. The van der Waals surface area contributed by atoms with Crippen LogP contribution in [-0.2, 0) is 22.7 Å². The van der Waals surface area contributed by atoms with E-state index >= 15 is 0 Å². The maximum Gasteiger partial charge on any atom is 0.0809 e. The van der Waals surface area contributed by atoms with Crippen LogP contribution in [0.1, 0.15) is 24.0 Å². The van der Waals surface area contributed by atoms with E-state index in [0.29, 0.717) is 13.2 Å². The van der Waals surface area contributed by atoms with Gasteiger partial charge in [0.25, 0.3) is 0 Å². The van der Waals surface area contributed by atoms with Gasteiger partial charge in [0.1, 0.15) is 0 Å². The third kappa shape index (κ3) is 3.30. The molecule has 3 nitrogen and oxygen atoms in total. The zero-order chi connectivity index (χ0) is 11.2. The lowest BCUT2D eigenvalue weighted by atomic mass is 10.1. The van der Waals surface area contributed by atoms with E-state index in [1.54, 1.807) is 0 Å². The van der Waals surface area contributed by atoms with Gasteiger partial charge >= 0.3 is 0 Å². The van der Waals surface area contributed by atoms with Crippen LogP contribution in [0.4, 0.5) is 0 Å². The fourth-order valence-corrected chi connectivity index (χ4v) is 1.82. The van der Waals surface area contributed by atoms with Crippen LogP contribution >= 0.6 is 0 Å². The Kier molecular flexibility index (Phi) is 4.34. The number of rotatable bonds is 5. The summed E-state index contributed by atoms with van der Waals surface area (Å²) in [6.45, 7) is 2.27. The summed E-state index contributed by atoms with van der Waals surface area (Å²) in [5.41, 5.74) is 2.07. The van der Waals surface area contributed by atoms with Crippen LogP contribution < -0.4 is 0 Å². The molecule has 1 aromatic carbocycles. The maximum absolute atomic E-state index is 8.90. The first-order valence-electron chi connectivity index (χ1n) is 5.76. The molecule has 3 heteroatoms. The molecule has 0 amide bonds. The number of hydrogen-bond acceptors (Lipinski definition) is 3. The van der Waals surface area contributed by atoms with E-state index in [1.807, 2.05) is 24.3 Å². The molecule has 0 spiro atoms. The van der Waals surface area contributed by atoms with Gasteiger partial charge in [-0.2, -0.15) is 0 Å². The van der Waals surface area contributed by atoms with Gasteiger partial charge in [-0.1, -0.05) is 24.3 Å². The van der Waals surface area contributed by atoms with Crippen molar-refractivity contribution in [3.63, 3.8) is 0 Å². The quantitative estimate of drug-likeness (QED) is 0.826. The molecule has 1 fully saturated rings. The molecule has 1 aliphatic heterocycles. The van der Waals surface area contributed by atoms with Crippen LogP contribution in [-0.4, -0.2) is 24.4 Å². The molecule has 1 aliphatic rings. The van der Waals surface area contributed by atoms with Gasteiger partial charge in [0.2, 0.25) is 0 Å². The fourth-order valence-electron chi connectivity index (χ4n) is 1.82. The molecule has 1 N–H and O–H groups in total. The summed E-state index contributed by atoms with van der Waals surface area (Å²) in [6.07, 6.45) is 2.56. The molecular weight excluding hydrogens is 204 g/mol. The molecule has 0 saturated carbocycles. The monoisotopic (exact) mass is 222 g/mol. The second-order valence-electron chi connectivity index (χ2n) is 4.12. The van der Waals surface area contributed by atoms with Crippen LogP contribution in [0.2, 0.25) is 0 Å². The number of benzene rings is 1. The van der Waals surface area contributed by atoms with E-state index in [4.69, 9.17) is 14.6 Å². The van der Waals surface area contributed by atoms with Crippen molar-refractivity contribution in [1.29, 1.82) is 0 Å². The topological polar surface area (TPSA) is 38.7 Å². The smallest absolute Gasteiger partial charge is 0.0809 e. The summed E-state index contributed by atoms with van der Waals surface area (Å²) < 4.78 is 11.1. The molecule has 1 heterocycles. The molecule has 0 bridgehead atoms. The van der Waals surface area contributed by atoms with Gasteiger partial charge in [-0.15, -0.1) is 0 Å². The van der Waals surface area contributed by atoms with Crippen molar-refractivity contribution in [2.24, 2.45) is 0 Å². The standard InChI is InChI=1S/C13H18O3/c14-8-11-3-5-12(6-4-11)9-15-10-13-2-1-7-16-13/h3-6,13-14H,1-2,7-10H2. The minimum absolute atomic E-state index is 0.0943. The molecule has 2 rings (SSSR count). The Labute approximate surface area is 96.0 Å². The highest BCUT2D eigenvalue weighted by Gasteiger charge is 2.14. The first kappa shape index (κ1) is 11.6. The van der Waals surface area contributed by atoms with E-state index in [9.17, 15) is 0 Å². The summed E-state index contributed by atoms with van der Waals surface area (Å²) in [7, 11) is 0. The predicted molar refractivity (Wildman–Crippen MR) is 61.0 cm³/mol. The van der Waals surface area contributed by atoms with E-state index in [2.05, 4.69) is 0 Å². The van der Waals surface area contributed by atoms with Gasteiger partial charge in [-0.05, 0) is 24.0 Å². The van der Waals surface area contributed by atoms with Gasteiger partial charge in [0, 0.05) is 6.61 Å². The molecule has 1 atom stereocenters. The van der Waals surface area contributed by atoms with Crippen molar-refractivity contribution in [3.8, 4) is 0 Å². The lowest BCUT2D eigenvalue weighted by Crippen LogP contribution is -2.13. The number of aliphatic hydroxyl groups is 1.